The molecule has 3 aromatic rings. The standard InChI is InChI=1S/C21H17F2N3O3/c1-28-16-4-2-3-13(9-16)19-24-11-17-20(25-19)29-8-7-26(21(17)27)12-14-5-6-15(22)10-18(14)23/h2-6,9-11H,7-8,12H2,1H3. The Kier molecular flexibility index (Phi) is 5.07. The third-order valence-corrected chi connectivity index (χ3v) is 4.58. The lowest BCUT2D eigenvalue weighted by molar-refractivity contribution is 0.0741. The first-order valence-corrected chi connectivity index (χ1v) is 8.92. The molecule has 1 aliphatic rings. The van der Waals surface area contributed by atoms with E-state index in [0.29, 0.717) is 11.6 Å². The van der Waals surface area contributed by atoms with Crippen LogP contribution in [0.4, 0.5) is 8.78 Å². The third-order valence-electron chi connectivity index (χ3n) is 4.58. The van der Waals surface area contributed by atoms with E-state index in [1.807, 2.05) is 12.1 Å². The highest BCUT2D eigenvalue weighted by Gasteiger charge is 2.26. The zero-order valence-electron chi connectivity index (χ0n) is 15.6. The Hall–Kier alpha value is -3.55. The minimum atomic E-state index is -0.701. The molecule has 0 fully saturated rings. The molecule has 0 bridgehead atoms. The number of methoxy groups -OCH3 is 1. The molecule has 29 heavy (non-hydrogen) atoms. The maximum absolute atomic E-state index is 14.0. The number of ether oxygens (including phenoxy) is 2. The Labute approximate surface area is 165 Å². The summed E-state index contributed by atoms with van der Waals surface area (Å²) in [5.41, 5.74) is 1.13. The van der Waals surface area contributed by atoms with E-state index in [-0.39, 0.29) is 42.6 Å². The van der Waals surface area contributed by atoms with Crippen LogP contribution in [0, 0.1) is 11.6 Å². The fourth-order valence-corrected chi connectivity index (χ4v) is 3.05. The van der Waals surface area contributed by atoms with Gasteiger partial charge in [0, 0.05) is 29.9 Å². The molecule has 6 nitrogen and oxygen atoms in total. The van der Waals surface area contributed by atoms with Gasteiger partial charge in [0.2, 0.25) is 5.88 Å². The lowest BCUT2D eigenvalue weighted by atomic mass is 10.1. The van der Waals surface area contributed by atoms with Crippen molar-refractivity contribution in [2.45, 2.75) is 6.54 Å². The molecule has 1 aliphatic heterocycles. The predicted molar refractivity (Wildman–Crippen MR) is 101 cm³/mol. The summed E-state index contributed by atoms with van der Waals surface area (Å²) in [7, 11) is 1.57. The van der Waals surface area contributed by atoms with Crippen molar-refractivity contribution in [2.75, 3.05) is 20.3 Å². The van der Waals surface area contributed by atoms with Crippen molar-refractivity contribution >= 4 is 5.91 Å². The molecule has 0 N–H and O–H groups in total. The molecule has 148 valence electrons. The van der Waals surface area contributed by atoms with Crippen LogP contribution >= 0.6 is 0 Å². The van der Waals surface area contributed by atoms with Gasteiger partial charge in [0.15, 0.2) is 5.82 Å². The fraction of sp³-hybridized carbons (Fsp3) is 0.190. The number of amides is 1. The van der Waals surface area contributed by atoms with Crippen LogP contribution in [-0.4, -0.2) is 41.0 Å². The second kappa shape index (κ2) is 7.83. The Bertz CT molecular complexity index is 1070. The molecule has 2 heterocycles. The Balaban J connectivity index is 1.62. The number of carbonyl (C=O) groups excluding carboxylic acids is 1. The molecule has 0 saturated heterocycles. The summed E-state index contributed by atoms with van der Waals surface area (Å²) in [4.78, 5) is 23.0. The van der Waals surface area contributed by atoms with Gasteiger partial charge in [0.1, 0.15) is 29.6 Å². The second-order valence-electron chi connectivity index (χ2n) is 6.46. The SMILES string of the molecule is COc1cccc(-c2ncc3c(n2)OCCN(Cc2ccc(F)cc2F)C3=O)c1. The number of benzene rings is 2. The first-order chi connectivity index (χ1) is 14.0. The molecule has 0 radical (unpaired) electrons. The van der Waals surface area contributed by atoms with Gasteiger partial charge in [-0.05, 0) is 18.2 Å². The molecule has 0 aliphatic carbocycles. The highest BCUT2D eigenvalue weighted by Crippen LogP contribution is 2.27. The average Bonchev–Trinajstić information content (AvgIpc) is 2.88. The van der Waals surface area contributed by atoms with Crippen molar-refractivity contribution in [1.29, 1.82) is 0 Å². The average molecular weight is 397 g/mol. The number of nitrogens with zero attached hydrogens (tertiary/aromatic N) is 3. The zero-order chi connectivity index (χ0) is 20.4. The van der Waals surface area contributed by atoms with Crippen LogP contribution < -0.4 is 9.47 Å². The lowest BCUT2D eigenvalue weighted by Gasteiger charge is -2.20. The number of hydrogen-bond acceptors (Lipinski definition) is 5. The van der Waals surface area contributed by atoms with Crippen molar-refractivity contribution in [3.63, 3.8) is 0 Å². The van der Waals surface area contributed by atoms with Gasteiger partial charge in [-0.15, -0.1) is 0 Å². The van der Waals surface area contributed by atoms with Gasteiger partial charge < -0.3 is 14.4 Å². The quantitative estimate of drug-likeness (QED) is 0.675. The van der Waals surface area contributed by atoms with Crippen molar-refractivity contribution in [3.05, 3.63) is 71.4 Å². The third kappa shape index (κ3) is 3.87. The molecule has 8 heteroatoms. The maximum atomic E-state index is 14.0. The monoisotopic (exact) mass is 397 g/mol. The van der Waals surface area contributed by atoms with Crippen molar-refractivity contribution in [3.8, 4) is 23.0 Å². The summed E-state index contributed by atoms with van der Waals surface area (Å²) in [5.74, 6) is -0.518. The van der Waals surface area contributed by atoms with Crippen LogP contribution in [0.3, 0.4) is 0 Å². The van der Waals surface area contributed by atoms with Crippen LogP contribution in [-0.2, 0) is 6.54 Å². The van der Waals surface area contributed by atoms with Gasteiger partial charge >= 0.3 is 0 Å². The van der Waals surface area contributed by atoms with Crippen molar-refractivity contribution < 1.29 is 23.0 Å². The highest BCUT2D eigenvalue weighted by atomic mass is 19.1. The maximum Gasteiger partial charge on any atom is 0.261 e. The largest absolute Gasteiger partial charge is 0.497 e. The molecular formula is C21H17F2N3O3. The van der Waals surface area contributed by atoms with Crippen molar-refractivity contribution in [2.24, 2.45) is 0 Å². The summed E-state index contributed by atoms with van der Waals surface area (Å²) in [5, 5.41) is 0. The van der Waals surface area contributed by atoms with Crippen molar-refractivity contribution in [1.82, 2.24) is 14.9 Å². The van der Waals surface area contributed by atoms with E-state index >= 15 is 0 Å². The van der Waals surface area contributed by atoms with Gasteiger partial charge in [-0.25, -0.2) is 13.8 Å². The van der Waals surface area contributed by atoms with Crippen LogP contribution in [0.1, 0.15) is 15.9 Å². The smallest absolute Gasteiger partial charge is 0.261 e. The Morgan fingerprint density at radius 3 is 2.86 bits per heavy atom. The molecule has 4 rings (SSSR count). The van der Waals surface area contributed by atoms with E-state index in [0.717, 1.165) is 17.7 Å². The summed E-state index contributed by atoms with van der Waals surface area (Å²) in [6.45, 7) is 0.419. The molecule has 1 aromatic heterocycles. The van der Waals surface area contributed by atoms with Gasteiger partial charge in [-0.1, -0.05) is 18.2 Å². The first kappa shape index (κ1) is 18.8. The van der Waals surface area contributed by atoms with Crippen LogP contribution in [0.25, 0.3) is 11.4 Å². The summed E-state index contributed by atoms with van der Waals surface area (Å²) in [6, 6.07) is 10.5. The number of hydrogen-bond donors (Lipinski definition) is 0. The number of carbonyl (C=O) groups is 1. The van der Waals surface area contributed by atoms with E-state index in [1.54, 1.807) is 19.2 Å². The van der Waals surface area contributed by atoms with Crippen LogP contribution in [0.2, 0.25) is 0 Å². The minimum absolute atomic E-state index is 0.00855. The number of fused-ring (bicyclic) bond motifs is 1. The van der Waals surface area contributed by atoms with E-state index in [4.69, 9.17) is 9.47 Å². The van der Waals surface area contributed by atoms with E-state index in [9.17, 15) is 13.6 Å². The summed E-state index contributed by atoms with van der Waals surface area (Å²) >= 11 is 0. The molecule has 0 atom stereocenters. The summed E-state index contributed by atoms with van der Waals surface area (Å²) < 4.78 is 38.0. The van der Waals surface area contributed by atoms with E-state index < -0.39 is 11.6 Å². The lowest BCUT2D eigenvalue weighted by Crippen LogP contribution is -2.32. The van der Waals surface area contributed by atoms with Crippen LogP contribution in [0.15, 0.2) is 48.7 Å². The Morgan fingerprint density at radius 1 is 1.21 bits per heavy atom. The number of halogens is 2. The number of aromatic nitrogens is 2. The van der Waals surface area contributed by atoms with Gasteiger partial charge in [0.05, 0.1) is 13.7 Å². The van der Waals surface area contributed by atoms with E-state index in [2.05, 4.69) is 9.97 Å². The molecule has 1 amide bonds. The molecule has 0 unspecified atom stereocenters. The minimum Gasteiger partial charge on any atom is -0.497 e. The van der Waals surface area contributed by atoms with Gasteiger partial charge in [0.25, 0.3) is 5.91 Å². The zero-order valence-corrected chi connectivity index (χ0v) is 15.6. The van der Waals surface area contributed by atoms with E-state index in [1.165, 1.54) is 17.2 Å². The fourth-order valence-electron chi connectivity index (χ4n) is 3.05. The number of rotatable bonds is 4. The normalized spacial score (nSPS) is 13.5. The highest BCUT2D eigenvalue weighted by molar-refractivity contribution is 5.96. The molecule has 0 saturated carbocycles. The first-order valence-electron chi connectivity index (χ1n) is 8.92. The van der Waals surface area contributed by atoms with Crippen LogP contribution in [0.5, 0.6) is 11.6 Å². The molecule has 0 spiro atoms. The molecule has 2 aromatic carbocycles. The topological polar surface area (TPSA) is 64.6 Å². The predicted octanol–water partition coefficient (Wildman–Crippen LogP) is 3.47. The van der Waals surface area contributed by atoms with Gasteiger partial charge in [-0.2, -0.15) is 4.98 Å². The molecular weight excluding hydrogens is 380 g/mol. The Morgan fingerprint density at radius 2 is 2.07 bits per heavy atom. The van der Waals surface area contributed by atoms with Gasteiger partial charge in [-0.3, -0.25) is 4.79 Å². The second-order valence-corrected chi connectivity index (χ2v) is 6.46. The summed E-state index contributed by atoms with van der Waals surface area (Å²) in [6.07, 6.45) is 1.40.